The fraction of sp³-hybridized carbons (Fsp3) is 0.875. The number of ether oxygens (including phenoxy) is 1. The third-order valence-electron chi connectivity index (χ3n) is 4.17. The van der Waals surface area contributed by atoms with E-state index in [1.807, 2.05) is 20.8 Å². The van der Waals surface area contributed by atoms with Crippen LogP contribution in [-0.2, 0) is 14.3 Å². The second kappa shape index (κ2) is 7.90. The molecule has 2 heterocycles. The minimum atomic E-state index is -0.318. The SMILES string of the molecule is CC(C)(C)OC=O.CC1(N2CCC(=O)CC2)CCNCC1. The zero-order chi connectivity index (χ0) is 15.9. The summed E-state index contributed by atoms with van der Waals surface area (Å²) in [5, 5.41) is 3.39. The van der Waals surface area contributed by atoms with E-state index in [1.54, 1.807) is 0 Å². The van der Waals surface area contributed by atoms with E-state index in [9.17, 15) is 9.59 Å². The smallest absolute Gasteiger partial charge is 0.293 e. The predicted molar refractivity (Wildman–Crippen MR) is 83.2 cm³/mol. The molecule has 0 aliphatic carbocycles. The minimum absolute atomic E-state index is 0.318. The van der Waals surface area contributed by atoms with Gasteiger partial charge in [-0.05, 0) is 53.6 Å². The van der Waals surface area contributed by atoms with Crippen molar-refractivity contribution >= 4 is 12.3 Å². The van der Waals surface area contributed by atoms with Gasteiger partial charge in [0.05, 0.1) is 0 Å². The highest BCUT2D eigenvalue weighted by Gasteiger charge is 2.34. The lowest BCUT2D eigenvalue weighted by atomic mass is 9.87. The molecule has 0 saturated carbocycles. The highest BCUT2D eigenvalue weighted by atomic mass is 16.5. The Bertz CT molecular complexity index is 334. The van der Waals surface area contributed by atoms with Gasteiger partial charge in [-0.3, -0.25) is 14.5 Å². The molecule has 0 unspecified atom stereocenters. The van der Waals surface area contributed by atoms with Crippen LogP contribution in [0.3, 0.4) is 0 Å². The highest BCUT2D eigenvalue weighted by Crippen LogP contribution is 2.27. The number of nitrogens with one attached hydrogen (secondary N) is 1. The molecule has 0 aromatic carbocycles. The Morgan fingerprint density at radius 3 is 2.10 bits per heavy atom. The average Bonchev–Trinajstić information content (AvgIpc) is 2.39. The number of hydrogen-bond acceptors (Lipinski definition) is 5. The maximum Gasteiger partial charge on any atom is 0.293 e. The van der Waals surface area contributed by atoms with Crippen molar-refractivity contribution < 1.29 is 14.3 Å². The van der Waals surface area contributed by atoms with Crippen LogP contribution in [0.1, 0.15) is 53.4 Å². The van der Waals surface area contributed by atoms with Crippen molar-refractivity contribution in [3.63, 3.8) is 0 Å². The fourth-order valence-electron chi connectivity index (χ4n) is 2.72. The molecule has 2 aliphatic heterocycles. The zero-order valence-corrected chi connectivity index (χ0v) is 13.9. The molecule has 2 aliphatic rings. The molecule has 122 valence electrons. The van der Waals surface area contributed by atoms with Crippen LogP contribution in [0, 0.1) is 0 Å². The standard InChI is InChI=1S/C11H20N2O.C5H10O2/c1-11(4-6-12-7-5-11)13-8-2-10(14)3-9-13;1-5(2,3)7-4-6/h12H,2-9H2,1H3;4H,1-3H3. The largest absolute Gasteiger partial charge is 0.462 e. The van der Waals surface area contributed by atoms with Crippen molar-refractivity contribution in [3.8, 4) is 0 Å². The van der Waals surface area contributed by atoms with E-state index in [4.69, 9.17) is 0 Å². The second-order valence-corrected chi connectivity index (χ2v) is 7.10. The number of carbonyl (C=O) groups excluding carboxylic acids is 2. The summed E-state index contributed by atoms with van der Waals surface area (Å²) in [6, 6.07) is 0. The molecular weight excluding hydrogens is 268 g/mol. The Balaban J connectivity index is 0.000000270. The Hall–Kier alpha value is -0.940. The maximum absolute atomic E-state index is 11.2. The van der Waals surface area contributed by atoms with Gasteiger partial charge in [-0.1, -0.05) is 0 Å². The van der Waals surface area contributed by atoms with Gasteiger partial charge in [0.25, 0.3) is 6.47 Å². The Morgan fingerprint density at radius 1 is 1.19 bits per heavy atom. The topological polar surface area (TPSA) is 58.6 Å². The van der Waals surface area contributed by atoms with Gasteiger partial charge in [0, 0.05) is 31.5 Å². The van der Waals surface area contributed by atoms with E-state index < -0.39 is 0 Å². The number of likely N-dealkylation sites (tertiary alicyclic amines) is 1. The first kappa shape index (κ1) is 18.1. The van der Waals surface area contributed by atoms with Crippen molar-refractivity contribution in [2.75, 3.05) is 26.2 Å². The van der Waals surface area contributed by atoms with Gasteiger partial charge in [0.15, 0.2) is 0 Å². The van der Waals surface area contributed by atoms with E-state index in [0.717, 1.165) is 39.0 Å². The van der Waals surface area contributed by atoms with Crippen LogP contribution in [-0.4, -0.2) is 54.5 Å². The predicted octanol–water partition coefficient (Wildman–Crippen LogP) is 1.75. The zero-order valence-electron chi connectivity index (χ0n) is 13.9. The molecule has 5 nitrogen and oxygen atoms in total. The molecule has 0 aromatic rings. The van der Waals surface area contributed by atoms with Crippen LogP contribution in [0.15, 0.2) is 0 Å². The fourth-order valence-corrected chi connectivity index (χ4v) is 2.72. The summed E-state index contributed by atoms with van der Waals surface area (Å²) >= 11 is 0. The lowest BCUT2D eigenvalue weighted by molar-refractivity contribution is -0.138. The molecular formula is C16H30N2O3. The Labute approximate surface area is 128 Å². The molecule has 0 aromatic heterocycles. The van der Waals surface area contributed by atoms with Crippen LogP contribution in [0.5, 0.6) is 0 Å². The maximum atomic E-state index is 11.2. The number of carbonyl (C=O) groups is 2. The first-order chi connectivity index (χ1) is 9.77. The summed E-state index contributed by atoms with van der Waals surface area (Å²) in [6.07, 6.45) is 3.98. The molecule has 21 heavy (non-hydrogen) atoms. The van der Waals surface area contributed by atoms with Gasteiger partial charge in [0.2, 0.25) is 0 Å². The average molecular weight is 298 g/mol. The molecule has 0 bridgehead atoms. The van der Waals surface area contributed by atoms with E-state index >= 15 is 0 Å². The molecule has 0 atom stereocenters. The van der Waals surface area contributed by atoms with Crippen LogP contribution >= 0.6 is 0 Å². The quantitative estimate of drug-likeness (QED) is 0.787. The molecule has 0 spiro atoms. The van der Waals surface area contributed by atoms with Gasteiger partial charge in [-0.25, -0.2) is 0 Å². The monoisotopic (exact) mass is 298 g/mol. The lowest BCUT2D eigenvalue weighted by Gasteiger charge is -2.45. The Morgan fingerprint density at radius 2 is 1.71 bits per heavy atom. The molecule has 2 saturated heterocycles. The lowest BCUT2D eigenvalue weighted by Crippen LogP contribution is -2.55. The van der Waals surface area contributed by atoms with E-state index in [2.05, 4.69) is 21.9 Å². The normalized spacial score (nSPS) is 23.0. The number of piperidine rings is 2. The summed E-state index contributed by atoms with van der Waals surface area (Å²) in [5.41, 5.74) is 0.0354. The second-order valence-electron chi connectivity index (χ2n) is 7.10. The van der Waals surface area contributed by atoms with Crippen molar-refractivity contribution in [2.45, 2.75) is 64.5 Å². The summed E-state index contributed by atoms with van der Waals surface area (Å²) in [7, 11) is 0. The number of ketones is 1. The van der Waals surface area contributed by atoms with E-state index in [0.29, 0.717) is 17.8 Å². The molecule has 0 amide bonds. The molecule has 1 N–H and O–H groups in total. The van der Waals surface area contributed by atoms with Crippen LogP contribution in [0.25, 0.3) is 0 Å². The number of hydrogen-bond donors (Lipinski definition) is 1. The van der Waals surface area contributed by atoms with E-state index in [1.165, 1.54) is 12.8 Å². The van der Waals surface area contributed by atoms with Gasteiger partial charge in [-0.15, -0.1) is 0 Å². The molecule has 2 fully saturated rings. The number of rotatable bonds is 2. The molecule has 5 heteroatoms. The molecule has 0 radical (unpaired) electrons. The van der Waals surface area contributed by atoms with Crippen molar-refractivity contribution in [1.29, 1.82) is 0 Å². The van der Waals surface area contributed by atoms with Crippen LogP contribution < -0.4 is 5.32 Å². The summed E-state index contributed by atoms with van der Waals surface area (Å²) in [6.45, 7) is 12.5. The minimum Gasteiger partial charge on any atom is -0.462 e. The van der Waals surface area contributed by atoms with Gasteiger partial charge in [-0.2, -0.15) is 0 Å². The molecule has 2 rings (SSSR count). The Kier molecular flexibility index (Phi) is 6.81. The summed E-state index contributed by atoms with van der Waals surface area (Å²) < 4.78 is 4.55. The summed E-state index contributed by atoms with van der Waals surface area (Å²) in [4.78, 5) is 23.3. The summed E-state index contributed by atoms with van der Waals surface area (Å²) in [5.74, 6) is 0.443. The highest BCUT2D eigenvalue weighted by molar-refractivity contribution is 5.79. The van der Waals surface area contributed by atoms with Crippen molar-refractivity contribution in [3.05, 3.63) is 0 Å². The number of nitrogens with zero attached hydrogens (tertiary/aromatic N) is 1. The first-order valence-electron chi connectivity index (χ1n) is 7.86. The number of Topliss-reactive ketones (excluding diaryl/α,β-unsaturated/α-hetero) is 1. The van der Waals surface area contributed by atoms with Crippen molar-refractivity contribution in [2.24, 2.45) is 0 Å². The van der Waals surface area contributed by atoms with Crippen LogP contribution in [0.4, 0.5) is 0 Å². The van der Waals surface area contributed by atoms with Gasteiger partial charge in [0.1, 0.15) is 11.4 Å². The first-order valence-corrected chi connectivity index (χ1v) is 7.86. The van der Waals surface area contributed by atoms with Crippen molar-refractivity contribution in [1.82, 2.24) is 10.2 Å². The van der Waals surface area contributed by atoms with Gasteiger partial charge < -0.3 is 10.1 Å². The van der Waals surface area contributed by atoms with Gasteiger partial charge >= 0.3 is 0 Å². The third-order valence-corrected chi connectivity index (χ3v) is 4.17. The third kappa shape index (κ3) is 6.57. The van der Waals surface area contributed by atoms with E-state index in [-0.39, 0.29) is 5.60 Å². The van der Waals surface area contributed by atoms with Crippen LogP contribution in [0.2, 0.25) is 0 Å².